The van der Waals surface area contributed by atoms with E-state index in [1.54, 1.807) is 7.11 Å². The third-order valence-corrected chi connectivity index (χ3v) is 3.30. The molecule has 0 bridgehead atoms. The van der Waals surface area contributed by atoms with Crippen LogP contribution in [0.25, 0.3) is 0 Å². The van der Waals surface area contributed by atoms with Crippen LogP contribution in [-0.4, -0.2) is 36.1 Å². The zero-order valence-corrected chi connectivity index (χ0v) is 12.0. The molecule has 1 heterocycles. The molecular weight excluding hydrogens is 280 g/mol. The quantitative estimate of drug-likeness (QED) is 0.595. The Bertz CT molecular complexity index is 568. The monoisotopic (exact) mass is 294 g/mol. The SMILES string of the molecule is COC(=O)CSc1nnc(Cc2ccc(OC)cc2)o1. The van der Waals surface area contributed by atoms with Gasteiger partial charge in [-0.05, 0) is 17.7 Å². The highest BCUT2D eigenvalue weighted by Gasteiger charge is 2.10. The average Bonchev–Trinajstić information content (AvgIpc) is 2.93. The number of thioether (sulfide) groups is 1. The van der Waals surface area contributed by atoms with Crippen LogP contribution in [-0.2, 0) is 16.0 Å². The summed E-state index contributed by atoms with van der Waals surface area (Å²) < 4.78 is 15.1. The second-order valence-corrected chi connectivity index (χ2v) is 4.78. The summed E-state index contributed by atoms with van der Waals surface area (Å²) in [5.74, 6) is 1.13. The van der Waals surface area contributed by atoms with Gasteiger partial charge < -0.3 is 13.9 Å². The number of nitrogens with zero attached hydrogens (tertiary/aromatic N) is 2. The van der Waals surface area contributed by atoms with Crippen molar-refractivity contribution in [2.75, 3.05) is 20.0 Å². The molecule has 0 atom stereocenters. The number of carbonyl (C=O) groups is 1. The Kier molecular flexibility index (Phi) is 5.00. The Morgan fingerprint density at radius 3 is 2.65 bits per heavy atom. The lowest BCUT2D eigenvalue weighted by atomic mass is 10.1. The van der Waals surface area contributed by atoms with Crippen LogP contribution in [0, 0.1) is 0 Å². The Labute approximate surface area is 120 Å². The number of carbonyl (C=O) groups excluding carboxylic acids is 1. The molecule has 0 saturated heterocycles. The molecule has 1 aromatic heterocycles. The van der Waals surface area contributed by atoms with Crippen LogP contribution in [0.5, 0.6) is 5.75 Å². The van der Waals surface area contributed by atoms with E-state index in [4.69, 9.17) is 9.15 Å². The minimum absolute atomic E-state index is 0.153. The van der Waals surface area contributed by atoms with Crippen molar-refractivity contribution in [3.05, 3.63) is 35.7 Å². The van der Waals surface area contributed by atoms with E-state index in [0.717, 1.165) is 23.1 Å². The van der Waals surface area contributed by atoms with Gasteiger partial charge >= 0.3 is 5.97 Å². The number of aromatic nitrogens is 2. The molecule has 6 nitrogen and oxygen atoms in total. The van der Waals surface area contributed by atoms with Crippen molar-refractivity contribution in [3.63, 3.8) is 0 Å². The van der Waals surface area contributed by atoms with Crippen molar-refractivity contribution < 1.29 is 18.7 Å². The number of ether oxygens (including phenoxy) is 2. The second-order valence-electron chi connectivity index (χ2n) is 3.85. The van der Waals surface area contributed by atoms with E-state index < -0.39 is 0 Å². The molecule has 106 valence electrons. The Balaban J connectivity index is 1.93. The van der Waals surface area contributed by atoms with E-state index in [1.807, 2.05) is 24.3 Å². The normalized spacial score (nSPS) is 10.3. The molecule has 0 radical (unpaired) electrons. The molecule has 2 rings (SSSR count). The molecule has 0 N–H and O–H groups in total. The van der Waals surface area contributed by atoms with Gasteiger partial charge in [0.2, 0.25) is 5.89 Å². The predicted octanol–water partition coefficient (Wildman–Crippen LogP) is 1.93. The fourth-order valence-electron chi connectivity index (χ4n) is 1.47. The minimum Gasteiger partial charge on any atom is -0.497 e. The number of methoxy groups -OCH3 is 2. The van der Waals surface area contributed by atoms with Crippen molar-refractivity contribution in [1.82, 2.24) is 10.2 Å². The first-order valence-electron chi connectivity index (χ1n) is 5.86. The Morgan fingerprint density at radius 2 is 2.00 bits per heavy atom. The van der Waals surface area contributed by atoms with Gasteiger partial charge in [-0.2, -0.15) is 0 Å². The largest absolute Gasteiger partial charge is 0.497 e. The van der Waals surface area contributed by atoms with Crippen molar-refractivity contribution in [3.8, 4) is 5.75 Å². The third-order valence-electron chi connectivity index (χ3n) is 2.50. The molecule has 1 aromatic carbocycles. The summed E-state index contributed by atoms with van der Waals surface area (Å²) in [6.07, 6.45) is 0.537. The van der Waals surface area contributed by atoms with Crippen LogP contribution >= 0.6 is 11.8 Å². The van der Waals surface area contributed by atoms with E-state index in [0.29, 0.717) is 17.5 Å². The van der Waals surface area contributed by atoms with Gasteiger partial charge in [0.25, 0.3) is 5.22 Å². The van der Waals surface area contributed by atoms with Gasteiger partial charge in [0, 0.05) is 0 Å². The lowest BCUT2D eigenvalue weighted by molar-refractivity contribution is -0.137. The fraction of sp³-hybridized carbons (Fsp3) is 0.308. The molecule has 0 aliphatic rings. The van der Waals surface area contributed by atoms with Crippen molar-refractivity contribution >= 4 is 17.7 Å². The lowest BCUT2D eigenvalue weighted by Crippen LogP contribution is -2.02. The highest BCUT2D eigenvalue weighted by Crippen LogP contribution is 2.19. The topological polar surface area (TPSA) is 74.5 Å². The molecule has 0 amide bonds. The van der Waals surface area contributed by atoms with Crippen LogP contribution in [0.1, 0.15) is 11.5 Å². The Morgan fingerprint density at radius 1 is 1.25 bits per heavy atom. The van der Waals surface area contributed by atoms with E-state index in [1.165, 1.54) is 7.11 Å². The van der Waals surface area contributed by atoms with E-state index in [9.17, 15) is 4.79 Å². The zero-order valence-electron chi connectivity index (χ0n) is 11.2. The molecule has 0 unspecified atom stereocenters. The highest BCUT2D eigenvalue weighted by atomic mass is 32.2. The maximum atomic E-state index is 11.0. The first-order valence-corrected chi connectivity index (χ1v) is 6.84. The Hall–Kier alpha value is -2.02. The molecular formula is C13H14N2O4S. The molecule has 0 saturated carbocycles. The van der Waals surface area contributed by atoms with Crippen LogP contribution in [0.2, 0.25) is 0 Å². The maximum Gasteiger partial charge on any atom is 0.316 e. The smallest absolute Gasteiger partial charge is 0.316 e. The van der Waals surface area contributed by atoms with Gasteiger partial charge in [0.05, 0.1) is 20.6 Å². The maximum absolute atomic E-state index is 11.0. The van der Waals surface area contributed by atoms with Crippen molar-refractivity contribution in [2.45, 2.75) is 11.6 Å². The fourth-order valence-corrected chi connectivity index (χ4v) is 2.08. The first-order chi connectivity index (χ1) is 9.71. The summed E-state index contributed by atoms with van der Waals surface area (Å²) in [6, 6.07) is 7.62. The molecule has 2 aromatic rings. The van der Waals surface area contributed by atoms with Gasteiger partial charge in [0.15, 0.2) is 0 Å². The standard InChI is InChI=1S/C13H14N2O4S/c1-17-10-5-3-9(4-6-10)7-11-14-15-13(19-11)20-8-12(16)18-2/h3-6H,7-8H2,1-2H3. The molecule has 0 aliphatic heterocycles. The number of rotatable bonds is 6. The van der Waals surface area contributed by atoms with Gasteiger partial charge in [-0.15, -0.1) is 10.2 Å². The number of esters is 1. The van der Waals surface area contributed by atoms with Gasteiger partial charge in [-0.25, -0.2) is 0 Å². The van der Waals surface area contributed by atoms with Crippen LogP contribution in [0.15, 0.2) is 33.9 Å². The number of benzene rings is 1. The molecule has 20 heavy (non-hydrogen) atoms. The average molecular weight is 294 g/mol. The minimum atomic E-state index is -0.329. The zero-order chi connectivity index (χ0) is 14.4. The van der Waals surface area contributed by atoms with Crippen molar-refractivity contribution in [1.29, 1.82) is 0 Å². The third kappa shape index (κ3) is 3.99. The summed E-state index contributed by atoms with van der Waals surface area (Å²) in [5, 5.41) is 8.16. The van der Waals surface area contributed by atoms with E-state index in [2.05, 4.69) is 14.9 Å². The van der Waals surface area contributed by atoms with Crippen molar-refractivity contribution in [2.24, 2.45) is 0 Å². The molecule has 7 heteroatoms. The van der Waals surface area contributed by atoms with Crippen LogP contribution in [0.4, 0.5) is 0 Å². The molecule has 0 aliphatic carbocycles. The lowest BCUT2D eigenvalue weighted by Gasteiger charge is -2.00. The van der Waals surface area contributed by atoms with Gasteiger partial charge in [-0.3, -0.25) is 4.79 Å². The number of hydrogen-bond donors (Lipinski definition) is 0. The summed E-state index contributed by atoms with van der Waals surface area (Å²) in [5.41, 5.74) is 1.04. The summed E-state index contributed by atoms with van der Waals surface area (Å²) in [4.78, 5) is 11.0. The second kappa shape index (κ2) is 6.95. The first kappa shape index (κ1) is 14.4. The van der Waals surface area contributed by atoms with Crippen LogP contribution in [0.3, 0.4) is 0 Å². The number of hydrogen-bond acceptors (Lipinski definition) is 7. The van der Waals surface area contributed by atoms with E-state index >= 15 is 0 Å². The summed E-state index contributed by atoms with van der Waals surface area (Å²) in [6.45, 7) is 0. The highest BCUT2D eigenvalue weighted by molar-refractivity contribution is 7.99. The molecule has 0 fully saturated rings. The van der Waals surface area contributed by atoms with Crippen LogP contribution < -0.4 is 4.74 Å². The summed E-state index contributed by atoms with van der Waals surface area (Å²) >= 11 is 1.16. The predicted molar refractivity (Wildman–Crippen MR) is 72.8 cm³/mol. The van der Waals surface area contributed by atoms with Gasteiger partial charge in [0.1, 0.15) is 11.5 Å². The van der Waals surface area contributed by atoms with Gasteiger partial charge in [-0.1, -0.05) is 23.9 Å². The van der Waals surface area contributed by atoms with E-state index in [-0.39, 0.29) is 11.7 Å². The molecule has 0 spiro atoms. The summed E-state index contributed by atoms with van der Waals surface area (Å²) in [7, 11) is 2.96.